The molecule has 0 bridgehead atoms. The molecule has 0 aromatic carbocycles. The van der Waals surface area contributed by atoms with Crippen LogP contribution in [0.4, 0.5) is 0 Å². The maximum absolute atomic E-state index is 2.64. The molecule has 0 saturated heterocycles. The monoisotopic (exact) mass is 364 g/mol. The van der Waals surface area contributed by atoms with Crippen molar-refractivity contribution in [2.75, 3.05) is 13.1 Å². The summed E-state index contributed by atoms with van der Waals surface area (Å²) in [5.74, 6) is 0. The summed E-state index contributed by atoms with van der Waals surface area (Å²) in [5, 5.41) is 0. The summed E-state index contributed by atoms with van der Waals surface area (Å²) in [7, 11) is 0. The van der Waals surface area contributed by atoms with Crippen molar-refractivity contribution in [3.63, 3.8) is 0 Å². The summed E-state index contributed by atoms with van der Waals surface area (Å²) in [4.78, 5) is 5.26. The number of hydrogen-bond acceptors (Lipinski definition) is 2. The SMILES string of the molecule is CCCCCCCCCCCN1C=CN(CCCCCC)C1CCCC. The van der Waals surface area contributed by atoms with Crippen LogP contribution in [0.5, 0.6) is 0 Å². The molecule has 0 radical (unpaired) electrons. The van der Waals surface area contributed by atoms with E-state index in [-0.39, 0.29) is 0 Å². The lowest BCUT2D eigenvalue weighted by Crippen LogP contribution is -2.39. The fraction of sp³-hybridized carbons (Fsp3) is 0.917. The molecular formula is C24H48N2. The molecule has 1 rings (SSSR count). The molecule has 26 heavy (non-hydrogen) atoms. The second kappa shape index (κ2) is 16.5. The Morgan fingerprint density at radius 1 is 0.500 bits per heavy atom. The third-order valence-corrected chi connectivity index (χ3v) is 5.82. The van der Waals surface area contributed by atoms with Gasteiger partial charge in [-0.05, 0) is 25.7 Å². The van der Waals surface area contributed by atoms with Gasteiger partial charge in [-0.25, -0.2) is 0 Å². The normalized spacial score (nSPS) is 16.8. The minimum atomic E-state index is 0.644. The quantitative estimate of drug-likeness (QED) is 0.230. The highest BCUT2D eigenvalue weighted by Crippen LogP contribution is 2.22. The molecule has 0 aromatic rings. The molecule has 1 unspecified atom stereocenters. The molecule has 2 heteroatoms. The van der Waals surface area contributed by atoms with Gasteiger partial charge in [0, 0.05) is 25.5 Å². The summed E-state index contributed by atoms with van der Waals surface area (Å²) in [6, 6.07) is 0. The Balaban J connectivity index is 2.17. The van der Waals surface area contributed by atoms with Crippen LogP contribution in [0, 0.1) is 0 Å². The van der Waals surface area contributed by atoms with Crippen LogP contribution in [-0.4, -0.2) is 29.1 Å². The molecule has 0 saturated carbocycles. The van der Waals surface area contributed by atoms with Crippen LogP contribution >= 0.6 is 0 Å². The molecule has 1 atom stereocenters. The maximum atomic E-state index is 2.64. The highest BCUT2D eigenvalue weighted by molar-refractivity contribution is 4.96. The van der Waals surface area contributed by atoms with E-state index in [1.54, 1.807) is 0 Å². The van der Waals surface area contributed by atoms with E-state index in [4.69, 9.17) is 0 Å². The molecule has 1 aliphatic heterocycles. The third kappa shape index (κ3) is 10.5. The van der Waals surface area contributed by atoms with Crippen LogP contribution in [-0.2, 0) is 0 Å². The van der Waals surface area contributed by atoms with Gasteiger partial charge in [-0.3, -0.25) is 0 Å². The summed E-state index contributed by atoms with van der Waals surface area (Å²) >= 11 is 0. The van der Waals surface area contributed by atoms with Gasteiger partial charge in [-0.15, -0.1) is 0 Å². The van der Waals surface area contributed by atoms with E-state index in [0.29, 0.717) is 6.17 Å². The Kier molecular flexibility index (Phi) is 14.8. The minimum absolute atomic E-state index is 0.644. The lowest BCUT2D eigenvalue weighted by atomic mass is 10.1. The Labute approximate surface area is 165 Å². The lowest BCUT2D eigenvalue weighted by Gasteiger charge is -2.33. The average molecular weight is 365 g/mol. The van der Waals surface area contributed by atoms with Crippen LogP contribution in [0.15, 0.2) is 12.4 Å². The fourth-order valence-corrected chi connectivity index (χ4v) is 4.05. The zero-order chi connectivity index (χ0) is 18.9. The van der Waals surface area contributed by atoms with E-state index >= 15 is 0 Å². The first-order valence-electron chi connectivity index (χ1n) is 12.0. The van der Waals surface area contributed by atoms with Crippen molar-refractivity contribution in [2.45, 2.75) is 130 Å². The summed E-state index contributed by atoms with van der Waals surface area (Å²) in [6.07, 6.45) is 27.7. The Bertz CT molecular complexity index is 326. The van der Waals surface area contributed by atoms with Crippen molar-refractivity contribution in [1.29, 1.82) is 0 Å². The standard InChI is InChI=1S/C24H48N2/c1-4-7-10-12-13-14-15-16-18-21-26-23-22-25(20-17-11-8-5-2)24(26)19-9-6-3/h22-24H,4-21H2,1-3H3. The largest absolute Gasteiger partial charge is 0.356 e. The second-order valence-electron chi connectivity index (χ2n) is 8.29. The molecule has 0 aliphatic carbocycles. The topological polar surface area (TPSA) is 6.48 Å². The Morgan fingerprint density at radius 2 is 0.885 bits per heavy atom. The number of nitrogens with zero attached hydrogens (tertiary/aromatic N) is 2. The average Bonchev–Trinajstić information content (AvgIpc) is 3.04. The molecular weight excluding hydrogens is 316 g/mol. The van der Waals surface area contributed by atoms with Gasteiger partial charge in [-0.1, -0.05) is 97.8 Å². The molecule has 1 aliphatic rings. The number of unbranched alkanes of at least 4 members (excludes halogenated alkanes) is 12. The molecule has 0 aromatic heterocycles. The molecule has 0 fully saturated rings. The fourth-order valence-electron chi connectivity index (χ4n) is 4.05. The Hall–Kier alpha value is -0.660. The highest BCUT2D eigenvalue weighted by Gasteiger charge is 2.24. The van der Waals surface area contributed by atoms with Gasteiger partial charge in [0.2, 0.25) is 0 Å². The summed E-state index contributed by atoms with van der Waals surface area (Å²) in [6.45, 7) is 9.42. The lowest BCUT2D eigenvalue weighted by molar-refractivity contribution is 0.136. The van der Waals surface area contributed by atoms with Crippen LogP contribution in [0.25, 0.3) is 0 Å². The van der Waals surface area contributed by atoms with E-state index in [1.807, 2.05) is 0 Å². The number of hydrogen-bond donors (Lipinski definition) is 0. The second-order valence-corrected chi connectivity index (χ2v) is 8.29. The van der Waals surface area contributed by atoms with Gasteiger partial charge < -0.3 is 9.80 Å². The van der Waals surface area contributed by atoms with Gasteiger partial charge in [0.25, 0.3) is 0 Å². The first-order valence-corrected chi connectivity index (χ1v) is 12.0. The van der Waals surface area contributed by atoms with Crippen LogP contribution < -0.4 is 0 Å². The summed E-state index contributed by atoms with van der Waals surface area (Å²) < 4.78 is 0. The van der Waals surface area contributed by atoms with Crippen LogP contribution in [0.2, 0.25) is 0 Å². The smallest absolute Gasteiger partial charge is 0.101 e. The summed E-state index contributed by atoms with van der Waals surface area (Å²) in [5.41, 5.74) is 0. The highest BCUT2D eigenvalue weighted by atomic mass is 15.4. The van der Waals surface area contributed by atoms with Crippen molar-refractivity contribution in [1.82, 2.24) is 9.80 Å². The van der Waals surface area contributed by atoms with Gasteiger partial charge in [0.05, 0.1) is 0 Å². The van der Waals surface area contributed by atoms with E-state index in [1.165, 1.54) is 116 Å². The van der Waals surface area contributed by atoms with Gasteiger partial charge in [0.1, 0.15) is 6.17 Å². The predicted molar refractivity (Wildman–Crippen MR) is 117 cm³/mol. The minimum Gasteiger partial charge on any atom is -0.356 e. The van der Waals surface area contributed by atoms with Crippen molar-refractivity contribution < 1.29 is 0 Å². The van der Waals surface area contributed by atoms with Crippen molar-refractivity contribution in [3.8, 4) is 0 Å². The first kappa shape index (κ1) is 23.4. The third-order valence-electron chi connectivity index (χ3n) is 5.82. The molecule has 0 N–H and O–H groups in total. The van der Waals surface area contributed by atoms with Crippen molar-refractivity contribution in [3.05, 3.63) is 12.4 Å². The molecule has 0 amide bonds. The maximum Gasteiger partial charge on any atom is 0.101 e. The van der Waals surface area contributed by atoms with Crippen molar-refractivity contribution in [2.24, 2.45) is 0 Å². The first-order chi connectivity index (χ1) is 12.8. The van der Waals surface area contributed by atoms with Gasteiger partial charge in [-0.2, -0.15) is 0 Å². The Morgan fingerprint density at radius 3 is 1.35 bits per heavy atom. The van der Waals surface area contributed by atoms with Crippen molar-refractivity contribution >= 4 is 0 Å². The van der Waals surface area contributed by atoms with Gasteiger partial charge >= 0.3 is 0 Å². The predicted octanol–water partition coefficient (Wildman–Crippen LogP) is 7.70. The molecule has 2 nitrogen and oxygen atoms in total. The molecule has 154 valence electrons. The van der Waals surface area contributed by atoms with E-state index < -0.39 is 0 Å². The number of rotatable bonds is 18. The zero-order valence-electron chi connectivity index (χ0n) is 18.4. The van der Waals surface area contributed by atoms with Gasteiger partial charge in [0.15, 0.2) is 0 Å². The molecule has 1 heterocycles. The zero-order valence-corrected chi connectivity index (χ0v) is 18.4. The van der Waals surface area contributed by atoms with E-state index in [9.17, 15) is 0 Å². The van der Waals surface area contributed by atoms with E-state index in [0.717, 1.165) is 0 Å². The van der Waals surface area contributed by atoms with Crippen LogP contribution in [0.3, 0.4) is 0 Å². The molecule has 0 spiro atoms. The van der Waals surface area contributed by atoms with E-state index in [2.05, 4.69) is 43.0 Å². The van der Waals surface area contributed by atoms with Crippen LogP contribution in [0.1, 0.15) is 124 Å².